The summed E-state index contributed by atoms with van der Waals surface area (Å²) < 4.78 is 6.70. The molecule has 0 spiro atoms. The monoisotopic (exact) mass is 391 g/mol. The zero-order valence-corrected chi connectivity index (χ0v) is 16.9. The van der Waals surface area contributed by atoms with Crippen LogP contribution in [0.25, 0.3) is 5.69 Å². The quantitative estimate of drug-likeness (QED) is 0.620. The summed E-state index contributed by atoms with van der Waals surface area (Å²) in [6, 6.07) is 17.2. The largest absolute Gasteiger partial charge is 0.462 e. The first-order valence-corrected chi connectivity index (χ1v) is 9.66. The van der Waals surface area contributed by atoms with Crippen molar-refractivity contribution in [1.29, 1.82) is 0 Å². The second-order valence-corrected chi connectivity index (χ2v) is 6.84. The molecule has 1 heterocycles. The van der Waals surface area contributed by atoms with Crippen LogP contribution in [0.1, 0.15) is 51.7 Å². The predicted octanol–water partition coefficient (Wildman–Crippen LogP) is 3.89. The van der Waals surface area contributed by atoms with E-state index in [-0.39, 0.29) is 17.8 Å². The molecule has 0 radical (unpaired) electrons. The molecule has 150 valence electrons. The Balaban J connectivity index is 1.66. The van der Waals surface area contributed by atoms with Crippen LogP contribution in [0.4, 0.5) is 0 Å². The van der Waals surface area contributed by atoms with Crippen molar-refractivity contribution in [1.82, 2.24) is 15.1 Å². The summed E-state index contributed by atoms with van der Waals surface area (Å²) in [6.45, 7) is 6.54. The first-order chi connectivity index (χ1) is 14.0. The molecule has 3 rings (SSSR count). The third-order valence-electron chi connectivity index (χ3n) is 4.82. The fourth-order valence-electron chi connectivity index (χ4n) is 3.08. The molecule has 0 aliphatic heterocycles. The van der Waals surface area contributed by atoms with Crippen molar-refractivity contribution in [2.45, 2.75) is 26.7 Å². The molecule has 0 bridgehead atoms. The molecule has 1 atom stereocenters. The van der Waals surface area contributed by atoms with Crippen molar-refractivity contribution in [3.05, 3.63) is 83.2 Å². The SMILES string of the molecule is CCOC(=O)c1cnn(-c2ccc(C(=O)NCC(C)c3ccccc3)cc2)c1C. The van der Waals surface area contributed by atoms with Gasteiger partial charge >= 0.3 is 5.97 Å². The van der Waals surface area contributed by atoms with Gasteiger partial charge in [-0.3, -0.25) is 4.79 Å². The molecule has 0 saturated carbocycles. The number of amides is 1. The Labute approximate surface area is 170 Å². The van der Waals surface area contributed by atoms with E-state index in [1.54, 1.807) is 23.7 Å². The van der Waals surface area contributed by atoms with Crippen molar-refractivity contribution in [2.24, 2.45) is 0 Å². The van der Waals surface area contributed by atoms with Gasteiger partial charge in [0.2, 0.25) is 0 Å². The molecule has 1 aromatic heterocycles. The van der Waals surface area contributed by atoms with Gasteiger partial charge < -0.3 is 10.1 Å². The summed E-state index contributed by atoms with van der Waals surface area (Å²) in [7, 11) is 0. The molecule has 29 heavy (non-hydrogen) atoms. The number of nitrogens with one attached hydrogen (secondary N) is 1. The number of hydrogen-bond donors (Lipinski definition) is 1. The highest BCUT2D eigenvalue weighted by Crippen LogP contribution is 2.17. The summed E-state index contributed by atoms with van der Waals surface area (Å²) in [5.41, 5.74) is 3.66. The lowest BCUT2D eigenvalue weighted by molar-refractivity contribution is 0.0525. The topological polar surface area (TPSA) is 73.2 Å². The number of ether oxygens (including phenoxy) is 1. The molecule has 3 aromatic rings. The van der Waals surface area contributed by atoms with Crippen molar-refractivity contribution < 1.29 is 14.3 Å². The molecule has 1 unspecified atom stereocenters. The predicted molar refractivity (Wildman–Crippen MR) is 111 cm³/mol. The molecule has 6 heteroatoms. The fraction of sp³-hybridized carbons (Fsp3) is 0.261. The van der Waals surface area contributed by atoms with Crippen LogP contribution in [0, 0.1) is 6.92 Å². The third kappa shape index (κ3) is 4.71. The van der Waals surface area contributed by atoms with E-state index in [0.717, 1.165) is 5.69 Å². The van der Waals surface area contributed by atoms with E-state index in [1.165, 1.54) is 11.8 Å². The fourth-order valence-corrected chi connectivity index (χ4v) is 3.08. The number of carbonyl (C=O) groups excluding carboxylic acids is 2. The lowest BCUT2D eigenvalue weighted by Crippen LogP contribution is -2.27. The average Bonchev–Trinajstić information content (AvgIpc) is 3.14. The number of rotatable bonds is 7. The van der Waals surface area contributed by atoms with Crippen molar-refractivity contribution >= 4 is 11.9 Å². The molecule has 0 fully saturated rings. The van der Waals surface area contributed by atoms with Crippen LogP contribution < -0.4 is 5.32 Å². The van der Waals surface area contributed by atoms with Crippen molar-refractivity contribution in [2.75, 3.05) is 13.2 Å². The highest BCUT2D eigenvalue weighted by molar-refractivity contribution is 5.94. The Bertz CT molecular complexity index is 978. The van der Waals surface area contributed by atoms with Gasteiger partial charge in [-0.2, -0.15) is 5.10 Å². The summed E-state index contributed by atoms with van der Waals surface area (Å²) in [4.78, 5) is 24.4. The van der Waals surface area contributed by atoms with E-state index in [4.69, 9.17) is 4.74 Å². The standard InChI is InChI=1S/C23H25N3O3/c1-4-29-23(28)21-15-25-26(17(21)3)20-12-10-19(11-13-20)22(27)24-14-16(2)18-8-6-5-7-9-18/h5-13,15-16H,4,14H2,1-3H3,(H,24,27). The van der Waals surface area contributed by atoms with E-state index in [9.17, 15) is 9.59 Å². The number of aromatic nitrogens is 2. The highest BCUT2D eigenvalue weighted by Gasteiger charge is 2.16. The minimum Gasteiger partial charge on any atom is -0.462 e. The van der Waals surface area contributed by atoms with Crippen LogP contribution in [-0.2, 0) is 4.74 Å². The molecular formula is C23H25N3O3. The maximum Gasteiger partial charge on any atom is 0.341 e. The number of hydrogen-bond acceptors (Lipinski definition) is 4. The zero-order chi connectivity index (χ0) is 20.8. The maximum absolute atomic E-state index is 12.5. The molecule has 1 N–H and O–H groups in total. The Morgan fingerprint density at radius 1 is 1.10 bits per heavy atom. The van der Waals surface area contributed by atoms with Crippen LogP contribution in [0.2, 0.25) is 0 Å². The first kappa shape index (κ1) is 20.3. The lowest BCUT2D eigenvalue weighted by Gasteiger charge is -2.13. The van der Waals surface area contributed by atoms with Gasteiger partial charge in [0.1, 0.15) is 5.56 Å². The molecular weight excluding hydrogens is 366 g/mol. The third-order valence-corrected chi connectivity index (χ3v) is 4.82. The van der Waals surface area contributed by atoms with Gasteiger partial charge in [-0.15, -0.1) is 0 Å². The summed E-state index contributed by atoms with van der Waals surface area (Å²) in [6.07, 6.45) is 1.50. The normalized spacial score (nSPS) is 11.7. The maximum atomic E-state index is 12.5. The summed E-state index contributed by atoms with van der Waals surface area (Å²) in [5.74, 6) is -0.282. The van der Waals surface area contributed by atoms with Gasteiger partial charge in [-0.1, -0.05) is 37.3 Å². The van der Waals surface area contributed by atoms with E-state index in [2.05, 4.69) is 29.5 Å². The van der Waals surface area contributed by atoms with Crippen LogP contribution in [-0.4, -0.2) is 34.8 Å². The summed E-state index contributed by atoms with van der Waals surface area (Å²) >= 11 is 0. The van der Waals surface area contributed by atoms with Gasteiger partial charge in [0.15, 0.2) is 0 Å². The highest BCUT2D eigenvalue weighted by atomic mass is 16.5. The Kier molecular flexibility index (Phi) is 6.44. The van der Waals surface area contributed by atoms with E-state index in [1.807, 2.05) is 37.3 Å². The van der Waals surface area contributed by atoms with Crippen LogP contribution in [0.15, 0.2) is 60.8 Å². The number of nitrogens with zero attached hydrogens (tertiary/aromatic N) is 2. The van der Waals surface area contributed by atoms with Gasteiger partial charge in [-0.05, 0) is 49.6 Å². The Hall–Kier alpha value is -3.41. The smallest absolute Gasteiger partial charge is 0.341 e. The van der Waals surface area contributed by atoms with Gasteiger partial charge in [-0.25, -0.2) is 9.48 Å². The van der Waals surface area contributed by atoms with Crippen LogP contribution in [0.3, 0.4) is 0 Å². The minimum atomic E-state index is -0.389. The van der Waals surface area contributed by atoms with Crippen molar-refractivity contribution in [3.8, 4) is 5.69 Å². The molecule has 1 amide bonds. The zero-order valence-electron chi connectivity index (χ0n) is 16.9. The molecule has 2 aromatic carbocycles. The number of benzene rings is 2. The second-order valence-electron chi connectivity index (χ2n) is 6.84. The van der Waals surface area contributed by atoms with E-state index < -0.39 is 0 Å². The van der Waals surface area contributed by atoms with Gasteiger partial charge in [0, 0.05) is 12.1 Å². The van der Waals surface area contributed by atoms with E-state index in [0.29, 0.717) is 30.0 Å². The van der Waals surface area contributed by atoms with E-state index >= 15 is 0 Å². The van der Waals surface area contributed by atoms with Crippen LogP contribution in [0.5, 0.6) is 0 Å². The second kappa shape index (κ2) is 9.19. The summed E-state index contributed by atoms with van der Waals surface area (Å²) in [5, 5.41) is 7.25. The average molecular weight is 391 g/mol. The number of esters is 1. The molecule has 0 saturated heterocycles. The minimum absolute atomic E-state index is 0.122. The lowest BCUT2D eigenvalue weighted by atomic mass is 10.0. The van der Waals surface area contributed by atoms with Crippen molar-refractivity contribution in [3.63, 3.8) is 0 Å². The van der Waals surface area contributed by atoms with Gasteiger partial charge in [0.25, 0.3) is 5.91 Å². The molecule has 0 aliphatic carbocycles. The first-order valence-electron chi connectivity index (χ1n) is 9.66. The molecule has 6 nitrogen and oxygen atoms in total. The van der Waals surface area contributed by atoms with Gasteiger partial charge in [0.05, 0.1) is 24.2 Å². The Morgan fingerprint density at radius 2 is 1.79 bits per heavy atom. The molecule has 0 aliphatic rings. The Morgan fingerprint density at radius 3 is 2.45 bits per heavy atom. The number of carbonyl (C=O) groups is 2. The van der Waals surface area contributed by atoms with Crippen LogP contribution >= 0.6 is 0 Å².